The van der Waals surface area contributed by atoms with Gasteiger partial charge < -0.3 is 5.32 Å². The summed E-state index contributed by atoms with van der Waals surface area (Å²) in [6.07, 6.45) is -1.57. The maximum atomic E-state index is 11.9. The third kappa shape index (κ3) is 11.8. The first-order valence-electron chi connectivity index (χ1n) is 6.11. The molecule has 0 aliphatic heterocycles. The van der Waals surface area contributed by atoms with Crippen molar-refractivity contribution in [1.82, 2.24) is 5.32 Å². The molecule has 0 amide bonds. The number of halogens is 3. The molecular formula is C12H24F3N. The van der Waals surface area contributed by atoms with Crippen LogP contribution in [-0.4, -0.2) is 18.8 Å². The van der Waals surface area contributed by atoms with Gasteiger partial charge >= 0.3 is 6.18 Å². The van der Waals surface area contributed by atoms with Crippen molar-refractivity contribution in [3.05, 3.63) is 0 Å². The van der Waals surface area contributed by atoms with Crippen LogP contribution in [0.15, 0.2) is 0 Å². The molecule has 0 aliphatic rings. The van der Waals surface area contributed by atoms with Crippen LogP contribution in [0.1, 0.15) is 52.9 Å². The van der Waals surface area contributed by atoms with E-state index < -0.39 is 12.6 Å². The molecule has 0 aliphatic carbocycles. The average molecular weight is 239 g/mol. The van der Waals surface area contributed by atoms with Crippen molar-refractivity contribution in [3.63, 3.8) is 0 Å². The van der Waals surface area contributed by atoms with E-state index >= 15 is 0 Å². The third-order valence-corrected chi connectivity index (χ3v) is 2.55. The van der Waals surface area contributed by atoms with Crippen LogP contribution >= 0.6 is 0 Å². The van der Waals surface area contributed by atoms with Crippen LogP contribution in [0.4, 0.5) is 13.2 Å². The summed E-state index contributed by atoms with van der Waals surface area (Å²) in [7, 11) is 0. The highest BCUT2D eigenvalue weighted by Gasteiger charge is 2.26. The fourth-order valence-corrected chi connectivity index (χ4v) is 1.57. The molecule has 0 saturated heterocycles. The van der Waals surface area contributed by atoms with Gasteiger partial charge in [0.2, 0.25) is 0 Å². The molecule has 0 bridgehead atoms. The highest BCUT2D eigenvalue weighted by Crippen LogP contribution is 2.22. The van der Waals surface area contributed by atoms with Crippen LogP contribution in [0, 0.1) is 5.92 Å². The first kappa shape index (κ1) is 15.8. The van der Waals surface area contributed by atoms with Gasteiger partial charge in [0.05, 0.1) is 0 Å². The van der Waals surface area contributed by atoms with Gasteiger partial charge in [-0.2, -0.15) is 13.2 Å². The quantitative estimate of drug-likeness (QED) is 0.628. The second-order valence-electron chi connectivity index (χ2n) is 4.90. The minimum atomic E-state index is -4.00. The second kappa shape index (κ2) is 7.93. The number of hydrogen-bond donors (Lipinski definition) is 1. The Bertz CT molecular complexity index is 166. The van der Waals surface area contributed by atoms with Crippen molar-refractivity contribution >= 4 is 0 Å². The van der Waals surface area contributed by atoms with Crippen molar-refractivity contribution < 1.29 is 13.2 Å². The lowest BCUT2D eigenvalue weighted by molar-refractivity contribution is -0.135. The summed E-state index contributed by atoms with van der Waals surface area (Å²) >= 11 is 0. The molecule has 0 spiro atoms. The van der Waals surface area contributed by atoms with E-state index in [1.165, 1.54) is 6.42 Å². The zero-order valence-electron chi connectivity index (χ0n) is 10.5. The molecule has 1 atom stereocenters. The minimum absolute atomic E-state index is 0.189. The second-order valence-corrected chi connectivity index (χ2v) is 4.90. The van der Waals surface area contributed by atoms with Crippen LogP contribution in [0.3, 0.4) is 0 Å². The number of rotatable bonds is 8. The summed E-state index contributed by atoms with van der Waals surface area (Å²) < 4.78 is 35.6. The van der Waals surface area contributed by atoms with E-state index in [0.717, 1.165) is 13.0 Å². The minimum Gasteiger partial charge on any atom is -0.314 e. The number of hydrogen-bond acceptors (Lipinski definition) is 1. The molecule has 0 saturated carbocycles. The van der Waals surface area contributed by atoms with Crippen LogP contribution in [0.2, 0.25) is 0 Å². The molecule has 0 rings (SSSR count). The molecule has 0 fully saturated rings. The summed E-state index contributed by atoms with van der Waals surface area (Å²) in [5.74, 6) is 0.697. The van der Waals surface area contributed by atoms with Crippen LogP contribution in [0.5, 0.6) is 0 Å². The summed E-state index contributed by atoms with van der Waals surface area (Å²) in [5.41, 5.74) is 0. The lowest BCUT2D eigenvalue weighted by Gasteiger charge is -2.14. The number of nitrogens with one attached hydrogen (secondary N) is 1. The smallest absolute Gasteiger partial charge is 0.314 e. The molecule has 16 heavy (non-hydrogen) atoms. The van der Waals surface area contributed by atoms with Gasteiger partial charge in [-0.3, -0.25) is 0 Å². The first-order chi connectivity index (χ1) is 7.31. The lowest BCUT2D eigenvalue weighted by atomic mass is 10.1. The van der Waals surface area contributed by atoms with Crippen molar-refractivity contribution in [3.8, 4) is 0 Å². The highest BCUT2D eigenvalue weighted by molar-refractivity contribution is 4.62. The van der Waals surface area contributed by atoms with Gasteiger partial charge in [-0.1, -0.05) is 13.8 Å². The van der Waals surface area contributed by atoms with Crippen molar-refractivity contribution in [2.45, 2.75) is 65.1 Å². The predicted molar refractivity (Wildman–Crippen MR) is 61.4 cm³/mol. The third-order valence-electron chi connectivity index (χ3n) is 2.55. The zero-order chi connectivity index (χ0) is 12.6. The first-order valence-corrected chi connectivity index (χ1v) is 6.11. The Labute approximate surface area is 96.8 Å². The molecule has 0 aromatic heterocycles. The van der Waals surface area contributed by atoms with Crippen LogP contribution in [0.25, 0.3) is 0 Å². The van der Waals surface area contributed by atoms with Crippen molar-refractivity contribution in [2.24, 2.45) is 5.92 Å². The zero-order valence-corrected chi connectivity index (χ0v) is 10.5. The van der Waals surface area contributed by atoms with Gasteiger partial charge in [-0.15, -0.1) is 0 Å². The Morgan fingerprint density at radius 1 is 1.00 bits per heavy atom. The Kier molecular flexibility index (Phi) is 7.81. The monoisotopic (exact) mass is 239 g/mol. The molecule has 0 radical (unpaired) electrons. The normalized spacial score (nSPS) is 14.4. The van der Waals surface area contributed by atoms with E-state index in [0.29, 0.717) is 12.3 Å². The summed E-state index contributed by atoms with van der Waals surface area (Å²) in [6, 6.07) is 0.189. The molecule has 0 aromatic rings. The van der Waals surface area contributed by atoms with E-state index in [4.69, 9.17) is 0 Å². The van der Waals surface area contributed by atoms with Crippen LogP contribution in [-0.2, 0) is 0 Å². The Morgan fingerprint density at radius 3 is 2.12 bits per heavy atom. The molecule has 0 heterocycles. The van der Waals surface area contributed by atoms with Gasteiger partial charge in [-0.05, 0) is 45.1 Å². The summed E-state index contributed by atoms with van der Waals surface area (Å²) in [6.45, 7) is 7.20. The molecular weight excluding hydrogens is 215 g/mol. The van der Waals surface area contributed by atoms with E-state index in [9.17, 15) is 13.2 Å². The summed E-state index contributed by atoms with van der Waals surface area (Å²) in [5, 5.41) is 3.26. The maximum Gasteiger partial charge on any atom is 0.389 e. The molecule has 1 N–H and O–H groups in total. The van der Waals surface area contributed by atoms with Crippen LogP contribution < -0.4 is 5.32 Å². The molecule has 4 heteroatoms. The Balaban J connectivity index is 3.35. The Morgan fingerprint density at radius 2 is 1.62 bits per heavy atom. The number of alkyl halides is 3. The molecule has 1 nitrogen and oxygen atoms in total. The lowest BCUT2D eigenvalue weighted by Crippen LogP contribution is -2.27. The average Bonchev–Trinajstić information content (AvgIpc) is 2.10. The largest absolute Gasteiger partial charge is 0.389 e. The van der Waals surface area contributed by atoms with Gasteiger partial charge in [0, 0.05) is 12.5 Å². The summed E-state index contributed by atoms with van der Waals surface area (Å²) in [4.78, 5) is 0. The molecule has 98 valence electrons. The predicted octanol–water partition coefficient (Wildman–Crippen LogP) is 4.13. The fourth-order valence-electron chi connectivity index (χ4n) is 1.57. The molecule has 0 aromatic carbocycles. The van der Waals surface area contributed by atoms with Crippen molar-refractivity contribution in [2.75, 3.05) is 6.54 Å². The Hall–Kier alpha value is -0.250. The highest BCUT2D eigenvalue weighted by atomic mass is 19.4. The SMILES string of the molecule is CC(C)CCCNC(C)CCCC(F)(F)F. The maximum absolute atomic E-state index is 11.9. The van der Waals surface area contributed by atoms with E-state index in [2.05, 4.69) is 19.2 Å². The van der Waals surface area contributed by atoms with E-state index in [1.807, 2.05) is 6.92 Å². The fraction of sp³-hybridized carbons (Fsp3) is 1.00. The van der Waals surface area contributed by atoms with Gasteiger partial charge in [0.15, 0.2) is 0 Å². The van der Waals surface area contributed by atoms with E-state index in [1.54, 1.807) is 0 Å². The van der Waals surface area contributed by atoms with Gasteiger partial charge in [0.1, 0.15) is 0 Å². The topological polar surface area (TPSA) is 12.0 Å². The van der Waals surface area contributed by atoms with Gasteiger partial charge in [0.25, 0.3) is 0 Å². The van der Waals surface area contributed by atoms with Gasteiger partial charge in [-0.25, -0.2) is 0 Å². The standard InChI is InChI=1S/C12H24F3N/c1-10(2)6-5-9-16-11(3)7-4-8-12(13,14)15/h10-11,16H,4-9H2,1-3H3. The van der Waals surface area contributed by atoms with E-state index in [-0.39, 0.29) is 12.5 Å². The van der Waals surface area contributed by atoms with Crippen molar-refractivity contribution in [1.29, 1.82) is 0 Å². The molecule has 1 unspecified atom stereocenters.